The molecule has 1 N–H and O–H groups in total. The number of aromatic nitrogens is 1. The van der Waals surface area contributed by atoms with Gasteiger partial charge in [0.15, 0.2) is 11.6 Å². The van der Waals surface area contributed by atoms with Crippen molar-refractivity contribution >= 4 is 22.7 Å². The maximum atomic E-state index is 13.4. The normalized spacial score (nSPS) is 14.5. The van der Waals surface area contributed by atoms with Crippen molar-refractivity contribution in [3.8, 4) is 0 Å². The lowest BCUT2D eigenvalue weighted by molar-refractivity contribution is 0.0532. The minimum atomic E-state index is -1.05. The summed E-state index contributed by atoms with van der Waals surface area (Å²) in [5.41, 5.74) is 2.64. The third kappa shape index (κ3) is 3.35. The molecule has 28 heavy (non-hydrogen) atoms. The molecule has 1 aliphatic rings. The molecule has 0 bridgehead atoms. The van der Waals surface area contributed by atoms with E-state index in [-0.39, 0.29) is 17.4 Å². The van der Waals surface area contributed by atoms with Crippen LogP contribution in [0.5, 0.6) is 0 Å². The highest BCUT2D eigenvalue weighted by molar-refractivity contribution is 5.98. The third-order valence-corrected chi connectivity index (χ3v) is 5.03. The van der Waals surface area contributed by atoms with E-state index in [1.165, 1.54) is 6.07 Å². The van der Waals surface area contributed by atoms with Gasteiger partial charge in [0.2, 0.25) is 0 Å². The molecule has 0 atom stereocenters. The van der Waals surface area contributed by atoms with Crippen molar-refractivity contribution in [2.24, 2.45) is 0 Å². The fourth-order valence-corrected chi connectivity index (χ4v) is 3.46. The molecular weight excluding hydrogens is 364 g/mol. The smallest absolute Gasteiger partial charge is 0.270 e. The molecule has 144 valence electrons. The van der Waals surface area contributed by atoms with E-state index in [9.17, 15) is 18.4 Å². The first-order valence-corrected chi connectivity index (χ1v) is 9.05. The van der Waals surface area contributed by atoms with E-state index < -0.39 is 11.6 Å². The van der Waals surface area contributed by atoms with Crippen LogP contribution in [-0.2, 0) is 0 Å². The first kappa shape index (κ1) is 18.2. The zero-order valence-corrected chi connectivity index (χ0v) is 15.3. The van der Waals surface area contributed by atoms with E-state index in [2.05, 4.69) is 4.98 Å². The summed E-state index contributed by atoms with van der Waals surface area (Å²) in [5, 5.41) is 0.982. The lowest BCUT2D eigenvalue weighted by Crippen LogP contribution is -2.50. The summed E-state index contributed by atoms with van der Waals surface area (Å²) in [6, 6.07) is 10.9. The van der Waals surface area contributed by atoms with Crippen molar-refractivity contribution < 1.29 is 18.4 Å². The molecule has 1 aromatic heterocycles. The van der Waals surface area contributed by atoms with Crippen LogP contribution < -0.4 is 0 Å². The van der Waals surface area contributed by atoms with Crippen LogP contribution in [0.25, 0.3) is 10.9 Å². The van der Waals surface area contributed by atoms with E-state index in [0.717, 1.165) is 28.6 Å². The highest BCUT2D eigenvalue weighted by Gasteiger charge is 2.26. The Bertz CT molecular complexity index is 1070. The Morgan fingerprint density at radius 3 is 2.21 bits per heavy atom. The lowest BCUT2D eigenvalue weighted by atomic mass is 10.1. The van der Waals surface area contributed by atoms with Gasteiger partial charge in [0, 0.05) is 42.6 Å². The molecule has 0 radical (unpaired) electrons. The average Bonchev–Trinajstić information content (AvgIpc) is 3.12. The van der Waals surface area contributed by atoms with Crippen molar-refractivity contribution in [2.45, 2.75) is 6.92 Å². The number of hydrogen-bond donors (Lipinski definition) is 1. The number of hydrogen-bond acceptors (Lipinski definition) is 2. The number of benzene rings is 2. The summed E-state index contributed by atoms with van der Waals surface area (Å²) < 4.78 is 26.4. The van der Waals surface area contributed by atoms with Crippen LogP contribution in [-0.4, -0.2) is 52.8 Å². The number of amides is 2. The highest BCUT2D eigenvalue weighted by Crippen LogP contribution is 2.19. The van der Waals surface area contributed by atoms with Gasteiger partial charge in [-0.2, -0.15) is 0 Å². The van der Waals surface area contributed by atoms with Crippen molar-refractivity contribution in [1.29, 1.82) is 0 Å². The number of carbonyl (C=O) groups excluding carboxylic acids is 2. The molecule has 2 heterocycles. The van der Waals surface area contributed by atoms with Gasteiger partial charge in [0.05, 0.1) is 0 Å². The fourth-order valence-electron chi connectivity index (χ4n) is 3.46. The van der Waals surface area contributed by atoms with Crippen LogP contribution in [0.15, 0.2) is 42.5 Å². The number of nitrogens with one attached hydrogen (secondary N) is 1. The van der Waals surface area contributed by atoms with Crippen molar-refractivity contribution in [3.63, 3.8) is 0 Å². The minimum Gasteiger partial charge on any atom is -0.351 e. The van der Waals surface area contributed by atoms with Gasteiger partial charge in [-0.1, -0.05) is 11.6 Å². The summed E-state index contributed by atoms with van der Waals surface area (Å²) in [6.07, 6.45) is 0. The Balaban J connectivity index is 1.43. The maximum absolute atomic E-state index is 13.4. The standard InChI is InChI=1S/C21H19F2N3O2/c1-13-2-5-18-15(10-13)12-19(24-18)21(28)26-8-6-25(7-9-26)20(27)14-3-4-16(22)17(23)11-14/h2-5,10-12,24H,6-9H2,1H3. The molecule has 3 aromatic rings. The Morgan fingerprint density at radius 2 is 1.54 bits per heavy atom. The van der Waals surface area contributed by atoms with E-state index in [4.69, 9.17) is 0 Å². The first-order chi connectivity index (χ1) is 13.4. The monoisotopic (exact) mass is 383 g/mol. The van der Waals surface area contributed by atoms with Crippen LogP contribution in [0.3, 0.4) is 0 Å². The fraction of sp³-hybridized carbons (Fsp3) is 0.238. The molecule has 2 amide bonds. The zero-order chi connectivity index (χ0) is 19.8. The van der Waals surface area contributed by atoms with Crippen molar-refractivity contribution in [3.05, 3.63) is 70.9 Å². The number of carbonyl (C=O) groups is 2. The molecule has 2 aromatic carbocycles. The van der Waals surface area contributed by atoms with Gasteiger partial charge in [0.1, 0.15) is 5.69 Å². The Hall–Kier alpha value is -3.22. The summed E-state index contributed by atoms with van der Waals surface area (Å²) in [6.45, 7) is 3.42. The number of H-pyrrole nitrogens is 1. The molecule has 0 saturated carbocycles. The summed E-state index contributed by atoms with van der Waals surface area (Å²) >= 11 is 0. The Kier molecular flexibility index (Phi) is 4.58. The summed E-state index contributed by atoms with van der Waals surface area (Å²) in [5.74, 6) is -2.52. The van der Waals surface area contributed by atoms with Gasteiger partial charge >= 0.3 is 0 Å². The number of rotatable bonds is 2. The molecular formula is C21H19F2N3O2. The molecule has 1 aliphatic heterocycles. The largest absolute Gasteiger partial charge is 0.351 e. The number of nitrogens with zero attached hydrogens (tertiary/aromatic N) is 2. The van der Waals surface area contributed by atoms with Crippen LogP contribution in [0.4, 0.5) is 8.78 Å². The van der Waals surface area contributed by atoms with Gasteiger partial charge < -0.3 is 14.8 Å². The van der Waals surface area contributed by atoms with Crippen LogP contribution in [0.1, 0.15) is 26.4 Å². The molecule has 0 aliphatic carbocycles. The van der Waals surface area contributed by atoms with E-state index in [0.29, 0.717) is 31.9 Å². The van der Waals surface area contributed by atoms with Crippen LogP contribution >= 0.6 is 0 Å². The topological polar surface area (TPSA) is 56.4 Å². The number of aromatic amines is 1. The van der Waals surface area contributed by atoms with Gasteiger partial charge in [-0.25, -0.2) is 8.78 Å². The minimum absolute atomic E-state index is 0.102. The second kappa shape index (κ2) is 7.07. The van der Waals surface area contributed by atoms with Crippen LogP contribution in [0, 0.1) is 18.6 Å². The molecule has 0 spiro atoms. The molecule has 7 heteroatoms. The second-order valence-corrected chi connectivity index (χ2v) is 6.99. The highest BCUT2D eigenvalue weighted by atomic mass is 19.2. The summed E-state index contributed by atoms with van der Waals surface area (Å²) in [7, 11) is 0. The molecule has 5 nitrogen and oxygen atoms in total. The maximum Gasteiger partial charge on any atom is 0.270 e. The predicted molar refractivity (Wildman–Crippen MR) is 101 cm³/mol. The lowest BCUT2D eigenvalue weighted by Gasteiger charge is -2.34. The van der Waals surface area contributed by atoms with Crippen molar-refractivity contribution in [1.82, 2.24) is 14.8 Å². The van der Waals surface area contributed by atoms with Gasteiger partial charge in [-0.15, -0.1) is 0 Å². The second-order valence-electron chi connectivity index (χ2n) is 6.99. The van der Waals surface area contributed by atoms with E-state index in [1.807, 2.05) is 31.2 Å². The van der Waals surface area contributed by atoms with Crippen LogP contribution in [0.2, 0.25) is 0 Å². The molecule has 1 fully saturated rings. The predicted octanol–water partition coefficient (Wildman–Crippen LogP) is 3.35. The van der Waals surface area contributed by atoms with E-state index >= 15 is 0 Å². The van der Waals surface area contributed by atoms with Crippen molar-refractivity contribution in [2.75, 3.05) is 26.2 Å². The van der Waals surface area contributed by atoms with Gasteiger partial charge in [-0.3, -0.25) is 9.59 Å². The molecule has 1 saturated heterocycles. The molecule has 4 rings (SSSR count). The zero-order valence-electron chi connectivity index (χ0n) is 15.3. The summed E-state index contributed by atoms with van der Waals surface area (Å²) in [4.78, 5) is 31.6. The molecule has 0 unspecified atom stereocenters. The van der Waals surface area contributed by atoms with Gasteiger partial charge in [0.25, 0.3) is 11.8 Å². The van der Waals surface area contributed by atoms with E-state index in [1.54, 1.807) is 9.80 Å². The Labute approximate surface area is 160 Å². The quantitative estimate of drug-likeness (QED) is 0.738. The van der Waals surface area contributed by atoms with Gasteiger partial charge in [-0.05, 0) is 43.3 Å². The first-order valence-electron chi connectivity index (χ1n) is 9.05. The number of fused-ring (bicyclic) bond motifs is 1. The Morgan fingerprint density at radius 1 is 0.857 bits per heavy atom. The SMILES string of the molecule is Cc1ccc2[nH]c(C(=O)N3CCN(C(=O)c4ccc(F)c(F)c4)CC3)cc2c1. The number of aryl methyl sites for hydroxylation is 1. The third-order valence-electron chi connectivity index (χ3n) is 5.03. The number of halogens is 2. The number of piperazine rings is 1. The average molecular weight is 383 g/mol.